The van der Waals surface area contributed by atoms with Crippen LogP contribution in [0.3, 0.4) is 0 Å². The Morgan fingerprint density at radius 3 is 2.82 bits per heavy atom. The van der Waals surface area contributed by atoms with Gasteiger partial charge in [0.15, 0.2) is 0 Å². The number of aromatic nitrogens is 1. The summed E-state index contributed by atoms with van der Waals surface area (Å²) in [5, 5.41) is 3.04. The van der Waals surface area contributed by atoms with Crippen molar-refractivity contribution in [2.24, 2.45) is 0 Å². The number of anilines is 2. The summed E-state index contributed by atoms with van der Waals surface area (Å²) in [6, 6.07) is 9.60. The minimum atomic E-state index is -0.0755. The van der Waals surface area contributed by atoms with Crippen LogP contribution in [-0.2, 0) is 0 Å². The SMILES string of the molecule is CC[C@H](C)Oc1ccccc1NC(=O)N1CCCN(c2ccncc2C)CC1. The minimum Gasteiger partial charge on any atom is -0.489 e. The first-order valence-electron chi connectivity index (χ1n) is 10.1. The molecular weight excluding hydrogens is 352 g/mol. The third-order valence-corrected chi connectivity index (χ3v) is 5.15. The molecule has 3 rings (SSSR count). The smallest absolute Gasteiger partial charge is 0.322 e. The second kappa shape index (κ2) is 9.44. The van der Waals surface area contributed by atoms with Gasteiger partial charge in [-0.2, -0.15) is 0 Å². The van der Waals surface area contributed by atoms with Crippen LogP contribution in [0.2, 0.25) is 0 Å². The van der Waals surface area contributed by atoms with E-state index in [0.717, 1.165) is 43.7 Å². The van der Waals surface area contributed by atoms with Gasteiger partial charge >= 0.3 is 6.03 Å². The molecule has 2 heterocycles. The predicted molar refractivity (Wildman–Crippen MR) is 113 cm³/mol. The van der Waals surface area contributed by atoms with Gasteiger partial charge in [0.2, 0.25) is 0 Å². The number of nitrogens with zero attached hydrogens (tertiary/aromatic N) is 3. The van der Waals surface area contributed by atoms with E-state index in [1.165, 1.54) is 5.69 Å². The van der Waals surface area contributed by atoms with E-state index >= 15 is 0 Å². The van der Waals surface area contributed by atoms with E-state index in [4.69, 9.17) is 4.74 Å². The van der Waals surface area contributed by atoms with E-state index in [2.05, 4.69) is 29.0 Å². The minimum absolute atomic E-state index is 0.0755. The number of pyridine rings is 1. The zero-order valence-corrected chi connectivity index (χ0v) is 17.0. The van der Waals surface area contributed by atoms with Crippen LogP contribution >= 0.6 is 0 Å². The van der Waals surface area contributed by atoms with Gasteiger partial charge in [0.1, 0.15) is 5.75 Å². The third-order valence-electron chi connectivity index (χ3n) is 5.15. The lowest BCUT2D eigenvalue weighted by atomic mass is 10.2. The number of benzene rings is 1. The second-order valence-electron chi connectivity index (χ2n) is 7.25. The Labute approximate surface area is 167 Å². The average molecular weight is 383 g/mol. The predicted octanol–water partition coefficient (Wildman–Crippen LogP) is 4.31. The van der Waals surface area contributed by atoms with Crippen molar-refractivity contribution in [3.05, 3.63) is 48.3 Å². The Bertz CT molecular complexity index is 796. The number of amides is 2. The maximum atomic E-state index is 12.9. The number of hydrogen-bond donors (Lipinski definition) is 1. The molecule has 0 saturated carbocycles. The lowest BCUT2D eigenvalue weighted by molar-refractivity contribution is 0.212. The molecule has 1 aromatic heterocycles. The van der Waals surface area contributed by atoms with Gasteiger partial charge in [-0.05, 0) is 50.5 Å². The standard InChI is InChI=1S/C22H30N4O2/c1-4-18(3)28-21-9-6-5-8-19(21)24-22(27)26-13-7-12-25(14-15-26)20-10-11-23-16-17(20)2/h5-6,8-11,16,18H,4,7,12-15H2,1-3H3,(H,24,27)/t18-/m0/s1. The highest BCUT2D eigenvalue weighted by molar-refractivity contribution is 5.91. The van der Waals surface area contributed by atoms with Gasteiger partial charge in [-0.25, -0.2) is 4.79 Å². The molecule has 6 heteroatoms. The van der Waals surface area contributed by atoms with E-state index < -0.39 is 0 Å². The van der Waals surface area contributed by atoms with Crippen LogP contribution in [-0.4, -0.2) is 48.2 Å². The summed E-state index contributed by atoms with van der Waals surface area (Å²) in [6.45, 7) is 9.35. The van der Waals surface area contributed by atoms with Crippen LogP contribution < -0.4 is 15.0 Å². The largest absolute Gasteiger partial charge is 0.489 e. The molecule has 28 heavy (non-hydrogen) atoms. The molecule has 6 nitrogen and oxygen atoms in total. The highest BCUT2D eigenvalue weighted by atomic mass is 16.5. The molecular formula is C22H30N4O2. The van der Waals surface area contributed by atoms with Crippen LogP contribution in [0.25, 0.3) is 0 Å². The van der Waals surface area contributed by atoms with Gasteiger partial charge < -0.3 is 19.9 Å². The van der Waals surface area contributed by atoms with E-state index in [-0.39, 0.29) is 12.1 Å². The van der Waals surface area contributed by atoms with Gasteiger partial charge in [-0.3, -0.25) is 4.98 Å². The first kappa shape index (κ1) is 20.0. The van der Waals surface area contributed by atoms with Gasteiger partial charge in [0.25, 0.3) is 0 Å². The van der Waals surface area contributed by atoms with Crippen LogP contribution in [0.15, 0.2) is 42.7 Å². The van der Waals surface area contributed by atoms with E-state index in [9.17, 15) is 4.79 Å². The Hall–Kier alpha value is -2.76. The van der Waals surface area contributed by atoms with Crippen molar-refractivity contribution in [2.45, 2.75) is 39.7 Å². The Morgan fingerprint density at radius 2 is 2.04 bits per heavy atom. The molecule has 0 bridgehead atoms. The number of nitrogens with one attached hydrogen (secondary N) is 1. The molecule has 1 aliphatic heterocycles. The average Bonchev–Trinajstić information content (AvgIpc) is 2.96. The molecule has 1 saturated heterocycles. The topological polar surface area (TPSA) is 57.7 Å². The van der Waals surface area contributed by atoms with Gasteiger partial charge in [0, 0.05) is 44.3 Å². The molecule has 2 amide bonds. The fourth-order valence-electron chi connectivity index (χ4n) is 3.35. The van der Waals surface area contributed by atoms with Crippen molar-refractivity contribution < 1.29 is 9.53 Å². The van der Waals surface area contributed by atoms with Crippen LogP contribution in [0, 0.1) is 6.92 Å². The molecule has 1 atom stereocenters. The molecule has 0 unspecified atom stereocenters. The zero-order chi connectivity index (χ0) is 19.9. The number of rotatable bonds is 5. The number of aryl methyl sites for hydroxylation is 1. The molecule has 1 aromatic carbocycles. The summed E-state index contributed by atoms with van der Waals surface area (Å²) in [4.78, 5) is 21.3. The van der Waals surface area contributed by atoms with Gasteiger partial charge in [-0.1, -0.05) is 19.1 Å². The Morgan fingerprint density at radius 1 is 1.21 bits per heavy atom. The first-order chi connectivity index (χ1) is 13.6. The first-order valence-corrected chi connectivity index (χ1v) is 10.1. The molecule has 0 aliphatic carbocycles. The maximum absolute atomic E-state index is 12.9. The lowest BCUT2D eigenvalue weighted by Crippen LogP contribution is -2.38. The number of para-hydroxylation sites is 2. The zero-order valence-electron chi connectivity index (χ0n) is 17.0. The van der Waals surface area contributed by atoms with Crippen LogP contribution in [0.5, 0.6) is 5.75 Å². The number of carbonyl (C=O) groups is 1. The van der Waals surface area contributed by atoms with Gasteiger partial charge in [-0.15, -0.1) is 0 Å². The quantitative estimate of drug-likeness (QED) is 0.837. The number of hydrogen-bond acceptors (Lipinski definition) is 4. The lowest BCUT2D eigenvalue weighted by Gasteiger charge is -2.25. The van der Waals surface area contributed by atoms with Crippen molar-refractivity contribution in [1.29, 1.82) is 0 Å². The molecule has 1 fully saturated rings. The summed E-state index contributed by atoms with van der Waals surface area (Å²) in [6.07, 6.45) is 5.66. The van der Waals surface area contributed by atoms with E-state index in [1.807, 2.05) is 54.5 Å². The normalized spacial score (nSPS) is 15.7. The third kappa shape index (κ3) is 4.94. The van der Waals surface area contributed by atoms with E-state index in [0.29, 0.717) is 12.3 Å². The Kier molecular flexibility index (Phi) is 6.74. The van der Waals surface area contributed by atoms with Crippen molar-refractivity contribution >= 4 is 17.4 Å². The summed E-state index contributed by atoms with van der Waals surface area (Å²) in [7, 11) is 0. The van der Waals surface area contributed by atoms with Crippen molar-refractivity contribution in [3.63, 3.8) is 0 Å². The van der Waals surface area contributed by atoms with Crippen molar-refractivity contribution in [3.8, 4) is 5.75 Å². The summed E-state index contributed by atoms with van der Waals surface area (Å²) < 4.78 is 5.95. The Balaban J connectivity index is 1.64. The second-order valence-corrected chi connectivity index (χ2v) is 7.25. The highest BCUT2D eigenvalue weighted by Gasteiger charge is 2.21. The van der Waals surface area contributed by atoms with E-state index in [1.54, 1.807) is 0 Å². The fraction of sp³-hybridized carbons (Fsp3) is 0.455. The molecule has 0 spiro atoms. The number of urea groups is 1. The van der Waals surface area contributed by atoms with Crippen molar-refractivity contribution in [1.82, 2.24) is 9.88 Å². The molecule has 2 aromatic rings. The molecule has 0 radical (unpaired) electrons. The monoisotopic (exact) mass is 382 g/mol. The van der Waals surface area contributed by atoms with Crippen molar-refractivity contribution in [2.75, 3.05) is 36.4 Å². The summed E-state index contributed by atoms with van der Waals surface area (Å²) in [5.41, 5.74) is 3.08. The molecule has 1 aliphatic rings. The molecule has 150 valence electrons. The fourth-order valence-corrected chi connectivity index (χ4v) is 3.35. The highest BCUT2D eigenvalue weighted by Crippen LogP contribution is 2.26. The van der Waals surface area contributed by atoms with Crippen LogP contribution in [0.1, 0.15) is 32.3 Å². The summed E-state index contributed by atoms with van der Waals surface area (Å²) >= 11 is 0. The van der Waals surface area contributed by atoms with Gasteiger partial charge in [0.05, 0.1) is 11.8 Å². The van der Waals surface area contributed by atoms with Crippen LogP contribution in [0.4, 0.5) is 16.2 Å². The number of carbonyl (C=O) groups excluding carboxylic acids is 1. The maximum Gasteiger partial charge on any atom is 0.322 e. The number of ether oxygens (including phenoxy) is 1. The summed E-state index contributed by atoms with van der Waals surface area (Å²) in [5.74, 6) is 0.717. The molecule has 1 N–H and O–H groups in total.